The van der Waals surface area contributed by atoms with Crippen molar-refractivity contribution in [3.8, 4) is 55.6 Å². The molecule has 2 heteroatoms. The summed E-state index contributed by atoms with van der Waals surface area (Å²) >= 11 is 0. The quantitative estimate of drug-likeness (QED) is 0.142. The summed E-state index contributed by atoms with van der Waals surface area (Å²) in [5.41, 5.74) is 16.9. The minimum absolute atomic E-state index is 0.902. The van der Waals surface area contributed by atoms with Crippen molar-refractivity contribution in [3.05, 3.63) is 261 Å². The highest BCUT2D eigenvalue weighted by molar-refractivity contribution is 6.15. The molecule has 0 spiro atoms. The average Bonchev–Trinajstić information content (AvgIpc) is 3.79. The zero-order chi connectivity index (χ0) is 45.0. The lowest BCUT2D eigenvalue weighted by atomic mass is 9.89. The third-order valence-electron chi connectivity index (χ3n) is 13.7. The highest BCUT2D eigenvalue weighted by atomic mass is 16.3. The van der Waals surface area contributed by atoms with Gasteiger partial charge in [0, 0.05) is 27.5 Å². The maximum Gasteiger partial charge on any atom is 0.136 e. The molecule has 0 saturated heterocycles. The predicted octanol–water partition coefficient (Wildman–Crippen LogP) is 18.9. The fourth-order valence-electron chi connectivity index (χ4n) is 10.3. The van der Waals surface area contributed by atoms with Crippen molar-refractivity contribution in [1.29, 1.82) is 0 Å². The molecule has 0 radical (unpaired) electrons. The zero-order valence-electron chi connectivity index (χ0n) is 37.2. The van der Waals surface area contributed by atoms with Crippen LogP contribution in [0.5, 0.6) is 0 Å². The second-order valence-electron chi connectivity index (χ2n) is 17.6. The molecule has 0 fully saturated rings. The topological polar surface area (TPSA) is 16.4 Å². The van der Waals surface area contributed by atoms with Crippen LogP contribution in [0.2, 0.25) is 0 Å². The summed E-state index contributed by atoms with van der Waals surface area (Å²) in [6.07, 6.45) is 0. The van der Waals surface area contributed by atoms with Gasteiger partial charge in [0.2, 0.25) is 0 Å². The van der Waals surface area contributed by atoms with E-state index in [-0.39, 0.29) is 0 Å². The van der Waals surface area contributed by atoms with Crippen molar-refractivity contribution in [1.82, 2.24) is 0 Å². The number of nitrogens with zero attached hydrogens (tertiary/aromatic N) is 1. The van der Waals surface area contributed by atoms with E-state index >= 15 is 0 Å². The molecule has 0 aliphatic rings. The van der Waals surface area contributed by atoms with Gasteiger partial charge in [-0.25, -0.2) is 0 Å². The Labute approximate surface area is 395 Å². The van der Waals surface area contributed by atoms with Crippen LogP contribution in [-0.2, 0) is 0 Å². The lowest BCUT2D eigenvalue weighted by molar-refractivity contribution is 0.669. The van der Waals surface area contributed by atoms with Crippen LogP contribution >= 0.6 is 0 Å². The van der Waals surface area contributed by atoms with Crippen molar-refractivity contribution in [3.63, 3.8) is 0 Å². The minimum Gasteiger partial charge on any atom is -0.456 e. The average molecular weight is 866 g/mol. The van der Waals surface area contributed by atoms with E-state index in [2.05, 4.69) is 254 Å². The number of hydrogen-bond acceptors (Lipinski definition) is 2. The maximum atomic E-state index is 6.27. The first-order valence-corrected chi connectivity index (χ1v) is 23.3. The van der Waals surface area contributed by atoms with E-state index in [4.69, 9.17) is 4.42 Å². The molecular formula is C66H43NO. The van der Waals surface area contributed by atoms with E-state index in [1.807, 2.05) is 12.1 Å². The first-order valence-electron chi connectivity index (χ1n) is 23.3. The highest BCUT2D eigenvalue weighted by Gasteiger charge is 2.19. The number of benzene rings is 12. The number of furan rings is 1. The number of anilines is 3. The number of para-hydroxylation sites is 1. The predicted molar refractivity (Wildman–Crippen MR) is 288 cm³/mol. The fraction of sp³-hybridized carbons (Fsp3) is 0. The molecule has 1 aromatic heterocycles. The lowest BCUT2D eigenvalue weighted by Crippen LogP contribution is -2.10. The lowest BCUT2D eigenvalue weighted by Gasteiger charge is -2.28. The largest absolute Gasteiger partial charge is 0.456 e. The van der Waals surface area contributed by atoms with Crippen molar-refractivity contribution >= 4 is 71.3 Å². The van der Waals surface area contributed by atoms with Crippen LogP contribution in [0.25, 0.3) is 110 Å². The van der Waals surface area contributed by atoms with E-state index < -0.39 is 0 Å². The van der Waals surface area contributed by atoms with Gasteiger partial charge in [-0.3, -0.25) is 0 Å². The summed E-state index contributed by atoms with van der Waals surface area (Å²) in [5, 5.41) is 9.63. The van der Waals surface area contributed by atoms with Crippen molar-refractivity contribution in [2.24, 2.45) is 0 Å². The van der Waals surface area contributed by atoms with Crippen molar-refractivity contribution in [2.75, 3.05) is 4.90 Å². The Morgan fingerprint density at radius 2 is 0.750 bits per heavy atom. The first kappa shape index (κ1) is 39.4. The van der Waals surface area contributed by atoms with E-state index in [9.17, 15) is 0 Å². The smallest absolute Gasteiger partial charge is 0.136 e. The molecule has 12 aromatic carbocycles. The number of hydrogen-bond donors (Lipinski definition) is 0. The van der Waals surface area contributed by atoms with Crippen LogP contribution in [0.1, 0.15) is 0 Å². The molecule has 0 amide bonds. The Morgan fingerprint density at radius 1 is 0.250 bits per heavy atom. The van der Waals surface area contributed by atoms with Crippen LogP contribution < -0.4 is 4.90 Å². The molecule has 13 aromatic rings. The van der Waals surface area contributed by atoms with Crippen LogP contribution in [-0.4, -0.2) is 0 Å². The molecule has 0 N–H and O–H groups in total. The Balaban J connectivity index is 0.904. The standard InChI is InChI=1S/C66H43NO/c1-2-13-44(14-3-1)45-25-27-49(28-26-45)66-57-20-7-4-15-47(57)33-39-58(66)48-31-37-55(38-32-48)67(63-42-53-16-5-6-19-56(53)59-21-8-9-22-60(59)63)54-35-29-46(30-36-54)50-17-12-18-51(41-50)52-34-40-62-61-23-10-11-24-64(61)68-65(62)43-52/h1-43H. The SMILES string of the molecule is c1ccc(-c2ccc(-c3c(-c4ccc(N(c5ccc(-c6cccc(-c7ccc8c(c7)oc7ccccc78)c6)cc5)c5cc6ccccc6c6ccccc56)cc4)ccc4ccccc34)cc2)cc1. The van der Waals surface area contributed by atoms with E-state index in [0.29, 0.717) is 0 Å². The summed E-state index contributed by atoms with van der Waals surface area (Å²) in [6.45, 7) is 0. The first-order chi connectivity index (χ1) is 33.7. The van der Waals surface area contributed by atoms with Gasteiger partial charge in [0.15, 0.2) is 0 Å². The van der Waals surface area contributed by atoms with Gasteiger partial charge in [-0.15, -0.1) is 0 Å². The third kappa shape index (κ3) is 6.90. The molecule has 0 aliphatic heterocycles. The monoisotopic (exact) mass is 865 g/mol. The molecule has 0 atom stereocenters. The molecule has 0 unspecified atom stereocenters. The Bertz CT molecular complexity index is 4000. The van der Waals surface area contributed by atoms with E-state index in [1.165, 1.54) is 65.7 Å². The normalized spacial score (nSPS) is 11.5. The van der Waals surface area contributed by atoms with Crippen molar-refractivity contribution < 1.29 is 4.42 Å². The summed E-state index contributed by atoms with van der Waals surface area (Å²) in [6, 6.07) is 94.6. The Hall–Kier alpha value is -8.98. The Morgan fingerprint density at radius 3 is 1.51 bits per heavy atom. The van der Waals surface area contributed by atoms with E-state index in [1.54, 1.807) is 0 Å². The van der Waals surface area contributed by atoms with Crippen LogP contribution in [0.15, 0.2) is 265 Å². The molecule has 13 rings (SSSR count). The van der Waals surface area contributed by atoms with Crippen molar-refractivity contribution in [2.45, 2.75) is 0 Å². The summed E-state index contributed by atoms with van der Waals surface area (Å²) < 4.78 is 6.27. The van der Waals surface area contributed by atoms with Crippen LogP contribution in [0.4, 0.5) is 17.1 Å². The molecule has 0 aliphatic carbocycles. The molecule has 2 nitrogen and oxygen atoms in total. The molecule has 68 heavy (non-hydrogen) atoms. The molecule has 0 saturated carbocycles. The van der Waals surface area contributed by atoms with Gasteiger partial charge in [0.05, 0.1) is 5.69 Å². The Kier molecular flexibility index (Phi) is 9.54. The van der Waals surface area contributed by atoms with Crippen LogP contribution in [0, 0.1) is 0 Å². The molecular weight excluding hydrogens is 823 g/mol. The summed E-state index contributed by atoms with van der Waals surface area (Å²) in [7, 11) is 0. The molecule has 1 heterocycles. The molecule has 0 bridgehead atoms. The highest BCUT2D eigenvalue weighted by Crippen LogP contribution is 2.45. The van der Waals surface area contributed by atoms with Gasteiger partial charge in [-0.1, -0.05) is 206 Å². The summed E-state index contributed by atoms with van der Waals surface area (Å²) in [5.74, 6) is 0. The number of fused-ring (bicyclic) bond motifs is 7. The minimum atomic E-state index is 0.902. The summed E-state index contributed by atoms with van der Waals surface area (Å²) in [4.78, 5) is 2.42. The van der Waals surface area contributed by atoms with Gasteiger partial charge in [0.1, 0.15) is 11.2 Å². The second kappa shape index (κ2) is 16.5. The number of rotatable bonds is 8. The zero-order valence-corrected chi connectivity index (χ0v) is 37.2. The van der Waals surface area contributed by atoms with E-state index in [0.717, 1.165) is 61.3 Å². The van der Waals surface area contributed by atoms with Crippen LogP contribution in [0.3, 0.4) is 0 Å². The fourth-order valence-corrected chi connectivity index (χ4v) is 10.3. The van der Waals surface area contributed by atoms with Gasteiger partial charge < -0.3 is 9.32 Å². The van der Waals surface area contributed by atoms with Gasteiger partial charge >= 0.3 is 0 Å². The third-order valence-corrected chi connectivity index (χ3v) is 13.7. The second-order valence-corrected chi connectivity index (χ2v) is 17.6. The molecule has 318 valence electrons. The van der Waals surface area contributed by atoms with Gasteiger partial charge in [0.25, 0.3) is 0 Å². The maximum absolute atomic E-state index is 6.27. The van der Waals surface area contributed by atoms with Gasteiger partial charge in [-0.05, 0) is 137 Å². The van der Waals surface area contributed by atoms with Gasteiger partial charge in [-0.2, -0.15) is 0 Å².